The maximum Gasteiger partial charge on any atom is 0.224 e. The zero-order chi connectivity index (χ0) is 21.0. The predicted molar refractivity (Wildman–Crippen MR) is 126 cm³/mol. The Kier molecular flexibility index (Phi) is 5.40. The third-order valence-corrected chi connectivity index (χ3v) is 5.85. The molecule has 0 unspecified atom stereocenters. The second-order valence-electron chi connectivity index (χ2n) is 7.95. The van der Waals surface area contributed by atoms with Gasteiger partial charge in [-0.05, 0) is 49.2 Å². The Morgan fingerprint density at radius 3 is 2.42 bits per heavy atom. The van der Waals surface area contributed by atoms with Gasteiger partial charge in [-0.15, -0.1) is 0 Å². The lowest BCUT2D eigenvalue weighted by atomic mass is 10.2. The Morgan fingerprint density at radius 2 is 1.58 bits per heavy atom. The van der Waals surface area contributed by atoms with Gasteiger partial charge in [-0.1, -0.05) is 42.5 Å². The molecule has 5 nitrogen and oxygen atoms in total. The first-order valence-electron chi connectivity index (χ1n) is 11.0. The number of hydrogen-bond acceptors (Lipinski definition) is 3. The van der Waals surface area contributed by atoms with Gasteiger partial charge >= 0.3 is 0 Å². The number of hydrogen-bond donors (Lipinski definition) is 1. The highest BCUT2D eigenvalue weighted by Crippen LogP contribution is 2.29. The van der Waals surface area contributed by atoms with E-state index in [-0.39, 0.29) is 5.91 Å². The van der Waals surface area contributed by atoms with Crippen LogP contribution < -0.4 is 10.2 Å². The van der Waals surface area contributed by atoms with Crippen LogP contribution in [0.15, 0.2) is 78.9 Å². The molecule has 3 aromatic carbocycles. The Labute approximate surface area is 182 Å². The Bertz CT molecular complexity index is 1190. The van der Waals surface area contributed by atoms with E-state index in [4.69, 9.17) is 4.98 Å². The number of carbonyl (C=O) groups is 1. The summed E-state index contributed by atoms with van der Waals surface area (Å²) in [5, 5.41) is 3.13. The molecule has 5 rings (SSSR count). The molecule has 0 radical (unpaired) electrons. The molecule has 5 heteroatoms. The summed E-state index contributed by atoms with van der Waals surface area (Å²) >= 11 is 0. The molecule has 31 heavy (non-hydrogen) atoms. The minimum atomic E-state index is 0.0123. The minimum absolute atomic E-state index is 0.0123. The molecule has 1 aromatic heterocycles. The normalized spacial score (nSPS) is 13.6. The summed E-state index contributed by atoms with van der Waals surface area (Å²) in [5.74, 6) is 0.911. The molecule has 0 bridgehead atoms. The summed E-state index contributed by atoms with van der Waals surface area (Å²) in [6, 6.07) is 26.4. The summed E-state index contributed by atoms with van der Waals surface area (Å²) < 4.78 is 2.15. The molecule has 0 saturated carbocycles. The molecular formula is C26H26N4O. The van der Waals surface area contributed by atoms with Crippen molar-refractivity contribution in [3.8, 4) is 5.69 Å². The van der Waals surface area contributed by atoms with Gasteiger partial charge in [0.1, 0.15) is 5.82 Å². The molecule has 156 valence electrons. The molecule has 1 fully saturated rings. The average Bonchev–Trinajstić information content (AvgIpc) is 3.47. The van der Waals surface area contributed by atoms with Crippen molar-refractivity contribution in [2.75, 3.05) is 23.3 Å². The van der Waals surface area contributed by atoms with Crippen LogP contribution in [0.2, 0.25) is 0 Å². The van der Waals surface area contributed by atoms with Crippen molar-refractivity contribution in [1.29, 1.82) is 0 Å². The fourth-order valence-electron chi connectivity index (χ4n) is 4.36. The van der Waals surface area contributed by atoms with E-state index in [0.717, 1.165) is 47.0 Å². The number of rotatable bonds is 6. The van der Waals surface area contributed by atoms with Crippen molar-refractivity contribution >= 4 is 28.3 Å². The van der Waals surface area contributed by atoms with E-state index < -0.39 is 0 Å². The van der Waals surface area contributed by atoms with Crippen molar-refractivity contribution in [3.05, 3.63) is 84.7 Å². The summed E-state index contributed by atoms with van der Waals surface area (Å²) in [6.07, 6.45) is 3.36. The number of anilines is 2. The van der Waals surface area contributed by atoms with E-state index in [2.05, 4.69) is 39.0 Å². The van der Waals surface area contributed by atoms with Crippen molar-refractivity contribution in [2.24, 2.45) is 0 Å². The first kappa shape index (κ1) is 19.4. The highest BCUT2D eigenvalue weighted by molar-refractivity contribution is 5.94. The van der Waals surface area contributed by atoms with E-state index >= 15 is 0 Å². The second kappa shape index (κ2) is 8.64. The summed E-state index contributed by atoms with van der Waals surface area (Å²) in [6.45, 7) is 2.10. The summed E-state index contributed by atoms with van der Waals surface area (Å²) in [5.41, 5.74) is 5.08. The molecule has 4 aromatic rings. The Morgan fingerprint density at radius 1 is 0.871 bits per heavy atom. The van der Waals surface area contributed by atoms with Crippen LogP contribution in [0, 0.1) is 0 Å². The van der Waals surface area contributed by atoms with Crippen LogP contribution in [-0.4, -0.2) is 28.5 Å². The van der Waals surface area contributed by atoms with Crippen LogP contribution in [-0.2, 0) is 11.2 Å². The first-order chi connectivity index (χ1) is 15.3. The standard InChI is InChI=1S/C26H26N4O/c31-26(28-21-12-4-6-14-23(21)29-18-8-9-19-29)17-16-25-27-22-13-5-7-15-24(22)30(25)20-10-2-1-3-11-20/h1-7,10-15H,8-9,16-19H2,(H,28,31). The van der Waals surface area contributed by atoms with Gasteiger partial charge in [0.2, 0.25) is 5.91 Å². The molecule has 1 aliphatic heterocycles. The van der Waals surface area contributed by atoms with Crippen LogP contribution in [0.3, 0.4) is 0 Å². The molecule has 0 spiro atoms. The number of fused-ring (bicyclic) bond motifs is 1. The third kappa shape index (κ3) is 4.04. The number of para-hydroxylation sites is 5. The Hall–Kier alpha value is -3.60. The van der Waals surface area contributed by atoms with Crippen LogP contribution in [0.4, 0.5) is 11.4 Å². The highest BCUT2D eigenvalue weighted by Gasteiger charge is 2.17. The molecule has 1 saturated heterocycles. The average molecular weight is 411 g/mol. The maximum atomic E-state index is 12.8. The molecule has 0 aliphatic carbocycles. The number of nitrogens with zero attached hydrogens (tertiary/aromatic N) is 3. The van der Waals surface area contributed by atoms with E-state index in [0.29, 0.717) is 12.8 Å². The van der Waals surface area contributed by atoms with Crippen molar-refractivity contribution < 1.29 is 4.79 Å². The van der Waals surface area contributed by atoms with Crippen molar-refractivity contribution in [2.45, 2.75) is 25.7 Å². The zero-order valence-electron chi connectivity index (χ0n) is 17.5. The smallest absolute Gasteiger partial charge is 0.224 e. The van der Waals surface area contributed by atoms with Crippen molar-refractivity contribution in [1.82, 2.24) is 9.55 Å². The number of aryl methyl sites for hydroxylation is 1. The highest BCUT2D eigenvalue weighted by atomic mass is 16.1. The fourth-order valence-corrected chi connectivity index (χ4v) is 4.36. The van der Waals surface area contributed by atoms with Gasteiger partial charge in [0.25, 0.3) is 0 Å². The van der Waals surface area contributed by atoms with E-state index in [1.807, 2.05) is 54.6 Å². The monoisotopic (exact) mass is 410 g/mol. The van der Waals surface area contributed by atoms with Crippen LogP contribution >= 0.6 is 0 Å². The first-order valence-corrected chi connectivity index (χ1v) is 11.0. The number of amides is 1. The van der Waals surface area contributed by atoms with E-state index in [1.165, 1.54) is 12.8 Å². The Balaban J connectivity index is 1.36. The maximum absolute atomic E-state index is 12.8. The van der Waals surface area contributed by atoms with Gasteiger partial charge in [-0.25, -0.2) is 4.98 Å². The SMILES string of the molecule is O=C(CCc1nc2ccccc2n1-c1ccccc1)Nc1ccccc1N1CCCC1. The number of benzene rings is 3. The van der Waals surface area contributed by atoms with Crippen LogP contribution in [0.5, 0.6) is 0 Å². The topological polar surface area (TPSA) is 50.2 Å². The molecule has 1 aliphatic rings. The van der Waals surface area contributed by atoms with Crippen LogP contribution in [0.25, 0.3) is 16.7 Å². The molecule has 1 amide bonds. The quantitative estimate of drug-likeness (QED) is 0.475. The number of aromatic nitrogens is 2. The zero-order valence-corrected chi connectivity index (χ0v) is 17.5. The number of imidazole rings is 1. The number of nitrogens with one attached hydrogen (secondary N) is 1. The lowest BCUT2D eigenvalue weighted by Crippen LogP contribution is -2.21. The van der Waals surface area contributed by atoms with Gasteiger partial charge in [0.15, 0.2) is 0 Å². The van der Waals surface area contributed by atoms with E-state index in [9.17, 15) is 4.79 Å². The van der Waals surface area contributed by atoms with Gasteiger partial charge in [-0.2, -0.15) is 0 Å². The fraction of sp³-hybridized carbons (Fsp3) is 0.231. The number of carbonyl (C=O) groups excluding carboxylic acids is 1. The van der Waals surface area contributed by atoms with Gasteiger partial charge in [-0.3, -0.25) is 9.36 Å². The van der Waals surface area contributed by atoms with Gasteiger partial charge in [0, 0.05) is 31.6 Å². The summed E-state index contributed by atoms with van der Waals surface area (Å²) in [7, 11) is 0. The molecule has 1 N–H and O–H groups in total. The largest absolute Gasteiger partial charge is 0.370 e. The molecule has 2 heterocycles. The van der Waals surface area contributed by atoms with Crippen LogP contribution in [0.1, 0.15) is 25.1 Å². The lowest BCUT2D eigenvalue weighted by Gasteiger charge is -2.21. The van der Waals surface area contributed by atoms with Gasteiger partial charge < -0.3 is 10.2 Å². The van der Waals surface area contributed by atoms with E-state index in [1.54, 1.807) is 0 Å². The summed E-state index contributed by atoms with van der Waals surface area (Å²) in [4.78, 5) is 20.0. The predicted octanol–water partition coefficient (Wildman–Crippen LogP) is 5.20. The van der Waals surface area contributed by atoms with Crippen molar-refractivity contribution in [3.63, 3.8) is 0 Å². The second-order valence-corrected chi connectivity index (χ2v) is 7.95. The van der Waals surface area contributed by atoms with Gasteiger partial charge in [0.05, 0.1) is 22.4 Å². The molecular weight excluding hydrogens is 384 g/mol. The third-order valence-electron chi connectivity index (χ3n) is 5.85. The minimum Gasteiger partial charge on any atom is -0.370 e. The molecule has 0 atom stereocenters. The lowest BCUT2D eigenvalue weighted by molar-refractivity contribution is -0.116.